The predicted octanol–water partition coefficient (Wildman–Crippen LogP) is 0.783. The van der Waals surface area contributed by atoms with Crippen molar-refractivity contribution in [2.45, 2.75) is 45.2 Å². The Balaban J connectivity index is 1.95. The summed E-state index contributed by atoms with van der Waals surface area (Å²) < 4.78 is 0. The zero-order valence-electron chi connectivity index (χ0n) is 10.7. The maximum Gasteiger partial charge on any atom is 0.189 e. The molecule has 4 nitrogen and oxygen atoms in total. The Labute approximate surface area is 98.3 Å². The van der Waals surface area contributed by atoms with E-state index in [2.05, 4.69) is 36.0 Å². The molecular weight excluding hydrogens is 200 g/mol. The zero-order valence-corrected chi connectivity index (χ0v) is 10.7. The fraction of sp³-hybridized carbons (Fsp3) is 0.917. The van der Waals surface area contributed by atoms with E-state index in [4.69, 9.17) is 5.73 Å². The van der Waals surface area contributed by atoms with E-state index in [0.717, 1.165) is 12.5 Å². The van der Waals surface area contributed by atoms with Gasteiger partial charge in [0.15, 0.2) is 5.96 Å². The fourth-order valence-corrected chi connectivity index (χ4v) is 2.68. The number of guanidine groups is 1. The van der Waals surface area contributed by atoms with Gasteiger partial charge in [-0.05, 0) is 52.6 Å². The Morgan fingerprint density at radius 1 is 1.31 bits per heavy atom. The third kappa shape index (κ3) is 2.88. The van der Waals surface area contributed by atoms with Gasteiger partial charge in [-0.1, -0.05) is 0 Å². The lowest BCUT2D eigenvalue weighted by atomic mass is 9.84. The summed E-state index contributed by atoms with van der Waals surface area (Å²) in [5, 5.41) is 3.24. The lowest BCUT2D eigenvalue weighted by Gasteiger charge is -2.43. The lowest BCUT2D eigenvalue weighted by molar-refractivity contribution is 0.0903. The molecule has 0 aromatic carbocycles. The van der Waals surface area contributed by atoms with E-state index in [1.165, 1.54) is 25.9 Å². The monoisotopic (exact) mass is 224 g/mol. The van der Waals surface area contributed by atoms with Gasteiger partial charge in [0.1, 0.15) is 0 Å². The molecule has 16 heavy (non-hydrogen) atoms. The van der Waals surface area contributed by atoms with E-state index in [1.807, 2.05) is 0 Å². The first kappa shape index (κ1) is 11.7. The van der Waals surface area contributed by atoms with Crippen molar-refractivity contribution in [3.05, 3.63) is 0 Å². The van der Waals surface area contributed by atoms with Crippen LogP contribution in [0.2, 0.25) is 0 Å². The number of nitrogens with two attached hydrogens (primary N) is 1. The fourth-order valence-electron chi connectivity index (χ4n) is 2.68. The van der Waals surface area contributed by atoms with Gasteiger partial charge in [-0.15, -0.1) is 0 Å². The molecule has 3 saturated heterocycles. The Morgan fingerprint density at radius 2 is 1.94 bits per heavy atom. The number of nitrogens with one attached hydrogen (secondary N) is 1. The van der Waals surface area contributed by atoms with E-state index >= 15 is 0 Å². The zero-order chi connectivity index (χ0) is 11.8. The average Bonchev–Trinajstić information content (AvgIpc) is 2.16. The van der Waals surface area contributed by atoms with Crippen LogP contribution in [0.4, 0.5) is 0 Å². The van der Waals surface area contributed by atoms with Gasteiger partial charge >= 0.3 is 0 Å². The lowest BCUT2D eigenvalue weighted by Crippen LogP contribution is -2.52. The van der Waals surface area contributed by atoms with Crippen LogP contribution in [0.1, 0.15) is 33.6 Å². The highest BCUT2D eigenvalue weighted by Crippen LogP contribution is 2.29. The number of aliphatic imine (C=N–C) groups is 1. The van der Waals surface area contributed by atoms with Gasteiger partial charge in [-0.25, -0.2) is 4.99 Å². The molecule has 0 aliphatic carbocycles. The number of piperidine rings is 3. The van der Waals surface area contributed by atoms with Crippen molar-refractivity contribution >= 4 is 5.96 Å². The number of nitrogens with zero attached hydrogens (tertiary/aromatic N) is 2. The molecule has 3 heterocycles. The largest absolute Gasteiger partial charge is 0.370 e. The van der Waals surface area contributed by atoms with Crippen LogP contribution in [0.3, 0.4) is 0 Å². The van der Waals surface area contributed by atoms with Crippen molar-refractivity contribution in [1.29, 1.82) is 0 Å². The second-order valence-corrected chi connectivity index (χ2v) is 6.09. The van der Waals surface area contributed by atoms with Crippen molar-refractivity contribution in [1.82, 2.24) is 10.2 Å². The first-order valence-corrected chi connectivity index (χ1v) is 6.28. The molecule has 1 unspecified atom stereocenters. The molecule has 0 spiro atoms. The second kappa shape index (κ2) is 4.24. The molecule has 0 aromatic rings. The molecule has 3 aliphatic heterocycles. The van der Waals surface area contributed by atoms with Gasteiger partial charge in [-0.2, -0.15) is 0 Å². The van der Waals surface area contributed by atoms with E-state index in [0.29, 0.717) is 12.0 Å². The molecule has 3 aliphatic rings. The molecular formula is C12H24N4. The maximum absolute atomic E-state index is 5.94. The summed E-state index contributed by atoms with van der Waals surface area (Å²) >= 11 is 0. The van der Waals surface area contributed by atoms with Crippen molar-refractivity contribution in [3.8, 4) is 0 Å². The van der Waals surface area contributed by atoms with Crippen molar-refractivity contribution in [2.24, 2.45) is 16.6 Å². The summed E-state index contributed by atoms with van der Waals surface area (Å²) in [4.78, 5) is 7.14. The van der Waals surface area contributed by atoms with Crippen LogP contribution in [0.15, 0.2) is 4.99 Å². The number of hydrogen-bond acceptors (Lipinski definition) is 2. The maximum atomic E-state index is 5.94. The minimum atomic E-state index is 0.00154. The molecule has 3 N–H and O–H groups in total. The van der Waals surface area contributed by atoms with Crippen LogP contribution < -0.4 is 11.1 Å². The molecule has 3 fully saturated rings. The predicted molar refractivity (Wildman–Crippen MR) is 67.5 cm³/mol. The molecule has 0 radical (unpaired) electrons. The highest BCUT2D eigenvalue weighted by Gasteiger charge is 2.34. The molecule has 1 atom stereocenters. The summed E-state index contributed by atoms with van der Waals surface area (Å²) in [6.45, 7) is 9.91. The summed E-state index contributed by atoms with van der Waals surface area (Å²) in [5.74, 6) is 1.36. The summed E-state index contributed by atoms with van der Waals surface area (Å²) in [7, 11) is 0. The normalized spacial score (nSPS) is 35.2. The molecule has 0 saturated carbocycles. The van der Waals surface area contributed by atoms with Crippen LogP contribution in [0, 0.1) is 5.92 Å². The quantitative estimate of drug-likeness (QED) is 0.511. The van der Waals surface area contributed by atoms with Gasteiger partial charge in [0.05, 0.1) is 6.04 Å². The Hall–Kier alpha value is -0.770. The summed E-state index contributed by atoms with van der Waals surface area (Å²) in [5.41, 5.74) is 5.94. The number of fused-ring (bicyclic) bond motifs is 3. The van der Waals surface area contributed by atoms with Gasteiger partial charge in [0, 0.05) is 12.1 Å². The van der Waals surface area contributed by atoms with E-state index in [-0.39, 0.29) is 5.54 Å². The highest BCUT2D eigenvalue weighted by molar-refractivity contribution is 5.78. The van der Waals surface area contributed by atoms with Gasteiger partial charge < -0.3 is 16.0 Å². The average molecular weight is 224 g/mol. The third-order valence-electron chi connectivity index (χ3n) is 3.43. The highest BCUT2D eigenvalue weighted by atomic mass is 15.2. The summed E-state index contributed by atoms with van der Waals surface area (Å²) in [6, 6.07) is 0.414. The minimum absolute atomic E-state index is 0.00154. The van der Waals surface area contributed by atoms with E-state index < -0.39 is 0 Å². The topological polar surface area (TPSA) is 53.6 Å². The van der Waals surface area contributed by atoms with E-state index in [1.54, 1.807) is 0 Å². The van der Waals surface area contributed by atoms with Crippen LogP contribution in [0.5, 0.6) is 0 Å². The van der Waals surface area contributed by atoms with Gasteiger partial charge in [-0.3, -0.25) is 0 Å². The minimum Gasteiger partial charge on any atom is -0.370 e. The standard InChI is InChI=1S/C12H24N4/c1-12(2,3)15-11(13)14-10-8-16-6-4-9(10)5-7-16/h9-10H,4-8H2,1-3H3,(H3,13,14,15). The van der Waals surface area contributed by atoms with Gasteiger partial charge in [0.25, 0.3) is 0 Å². The summed E-state index contributed by atoms with van der Waals surface area (Å²) in [6.07, 6.45) is 2.58. The SMILES string of the molecule is CC(C)(C)NC(N)=NC1CN2CCC1CC2. The van der Waals surface area contributed by atoms with Gasteiger partial charge in [0.2, 0.25) is 0 Å². The van der Waals surface area contributed by atoms with Crippen LogP contribution in [-0.2, 0) is 0 Å². The molecule has 4 heteroatoms. The molecule has 3 rings (SSSR count). The second-order valence-electron chi connectivity index (χ2n) is 6.09. The Bertz CT molecular complexity index is 271. The van der Waals surface area contributed by atoms with Crippen LogP contribution >= 0.6 is 0 Å². The van der Waals surface area contributed by atoms with Crippen LogP contribution in [-0.4, -0.2) is 42.1 Å². The number of hydrogen-bond donors (Lipinski definition) is 2. The van der Waals surface area contributed by atoms with Crippen LogP contribution in [0.25, 0.3) is 0 Å². The first-order chi connectivity index (χ1) is 7.44. The molecule has 2 bridgehead atoms. The molecule has 0 amide bonds. The van der Waals surface area contributed by atoms with E-state index in [9.17, 15) is 0 Å². The smallest absolute Gasteiger partial charge is 0.189 e. The van der Waals surface area contributed by atoms with Crippen molar-refractivity contribution in [2.75, 3.05) is 19.6 Å². The molecule has 0 aromatic heterocycles. The van der Waals surface area contributed by atoms with Crippen molar-refractivity contribution in [3.63, 3.8) is 0 Å². The first-order valence-electron chi connectivity index (χ1n) is 6.28. The number of rotatable bonds is 1. The Morgan fingerprint density at radius 3 is 2.38 bits per heavy atom. The molecule has 92 valence electrons. The Kier molecular flexibility index (Phi) is 3.10. The van der Waals surface area contributed by atoms with Crippen molar-refractivity contribution < 1.29 is 0 Å². The third-order valence-corrected chi connectivity index (χ3v) is 3.43.